The van der Waals surface area contributed by atoms with E-state index in [9.17, 15) is 0 Å². The van der Waals surface area contributed by atoms with Gasteiger partial charge in [0.05, 0.1) is 21.1 Å². The lowest BCUT2D eigenvalue weighted by Gasteiger charge is -2.09. The van der Waals surface area contributed by atoms with Crippen LogP contribution in [0.1, 0.15) is 22.5 Å². The van der Waals surface area contributed by atoms with Crippen molar-refractivity contribution < 1.29 is 0 Å². The molecule has 2 aromatic heterocycles. The number of pyridine rings is 2. The molecule has 0 bridgehead atoms. The summed E-state index contributed by atoms with van der Waals surface area (Å²) in [5.41, 5.74) is 5.90. The van der Waals surface area contributed by atoms with Crippen molar-refractivity contribution in [3.05, 3.63) is 81.1 Å². The lowest BCUT2D eigenvalue weighted by molar-refractivity contribution is 1.19. The van der Waals surface area contributed by atoms with E-state index >= 15 is 0 Å². The molecule has 2 nitrogen and oxygen atoms in total. The highest BCUT2D eigenvalue weighted by Crippen LogP contribution is 2.28. The van der Waals surface area contributed by atoms with E-state index in [1.54, 1.807) is 0 Å². The summed E-state index contributed by atoms with van der Waals surface area (Å²) in [6.07, 6.45) is 0.757. The molecule has 0 amide bonds. The zero-order valence-electron chi connectivity index (χ0n) is 14.0. The van der Waals surface area contributed by atoms with Gasteiger partial charge in [-0.3, -0.25) is 9.97 Å². The maximum atomic E-state index is 6.45. The van der Waals surface area contributed by atoms with Gasteiger partial charge in [-0.15, -0.1) is 0 Å². The van der Waals surface area contributed by atoms with Crippen LogP contribution in [0.3, 0.4) is 0 Å². The van der Waals surface area contributed by atoms with Gasteiger partial charge in [-0.25, -0.2) is 0 Å². The Morgan fingerprint density at radius 3 is 1.56 bits per heavy atom. The second-order valence-corrected chi connectivity index (χ2v) is 7.20. The fraction of sp³-hybridized carbons (Fsp3) is 0.143. The minimum Gasteiger partial charge on any atom is -0.252 e. The third kappa shape index (κ3) is 3.20. The van der Waals surface area contributed by atoms with Gasteiger partial charge in [-0.1, -0.05) is 35.3 Å². The fourth-order valence-electron chi connectivity index (χ4n) is 3.14. The molecule has 0 N–H and O–H groups in total. The van der Waals surface area contributed by atoms with Crippen LogP contribution >= 0.6 is 23.2 Å². The van der Waals surface area contributed by atoms with Crippen molar-refractivity contribution in [1.82, 2.24) is 9.97 Å². The van der Waals surface area contributed by atoms with Crippen LogP contribution in [0.25, 0.3) is 21.8 Å². The highest BCUT2D eigenvalue weighted by molar-refractivity contribution is 6.35. The monoisotopic (exact) mass is 366 g/mol. The average Bonchev–Trinajstić information content (AvgIpc) is 2.56. The summed E-state index contributed by atoms with van der Waals surface area (Å²) in [6.45, 7) is 3.94. The van der Waals surface area contributed by atoms with Crippen molar-refractivity contribution in [1.29, 1.82) is 0 Å². The van der Waals surface area contributed by atoms with Gasteiger partial charge < -0.3 is 0 Å². The highest BCUT2D eigenvalue weighted by Gasteiger charge is 2.08. The van der Waals surface area contributed by atoms with Gasteiger partial charge in [0.15, 0.2) is 0 Å². The Bertz CT molecular complexity index is 1030. The molecular weight excluding hydrogens is 351 g/mol. The van der Waals surface area contributed by atoms with E-state index in [4.69, 9.17) is 23.2 Å². The Labute approximate surface area is 156 Å². The molecule has 0 aliphatic rings. The molecule has 0 saturated heterocycles. The zero-order valence-corrected chi connectivity index (χ0v) is 15.5. The highest BCUT2D eigenvalue weighted by atomic mass is 35.5. The molecule has 0 atom stereocenters. The minimum atomic E-state index is 0.681. The van der Waals surface area contributed by atoms with E-state index in [1.165, 1.54) is 0 Å². The van der Waals surface area contributed by atoms with E-state index < -0.39 is 0 Å². The Kier molecular flexibility index (Phi) is 4.10. The number of fused-ring (bicyclic) bond motifs is 2. The molecule has 4 heteroatoms. The molecule has 4 rings (SSSR count). The largest absolute Gasteiger partial charge is 0.252 e. The predicted molar refractivity (Wildman–Crippen MR) is 106 cm³/mol. The quantitative estimate of drug-likeness (QED) is 0.416. The van der Waals surface area contributed by atoms with Crippen LogP contribution in [0.15, 0.2) is 48.5 Å². The number of nitrogens with zero attached hydrogens (tertiary/aromatic N) is 2. The Morgan fingerprint density at radius 2 is 1.12 bits per heavy atom. The van der Waals surface area contributed by atoms with Crippen LogP contribution in [-0.2, 0) is 6.42 Å². The van der Waals surface area contributed by atoms with E-state index in [1.807, 2.05) is 38.1 Å². The summed E-state index contributed by atoms with van der Waals surface area (Å²) in [7, 11) is 0. The van der Waals surface area contributed by atoms with Crippen LogP contribution in [0.5, 0.6) is 0 Å². The van der Waals surface area contributed by atoms with Gasteiger partial charge in [0.1, 0.15) is 0 Å². The van der Waals surface area contributed by atoms with Gasteiger partial charge in [0.2, 0.25) is 0 Å². The van der Waals surface area contributed by atoms with Gasteiger partial charge in [-0.05, 0) is 67.8 Å². The van der Waals surface area contributed by atoms with Crippen LogP contribution in [0, 0.1) is 13.8 Å². The molecule has 0 fully saturated rings. The molecule has 0 saturated carbocycles. The third-order valence-corrected chi connectivity index (χ3v) is 4.87. The molecule has 0 aliphatic carbocycles. The number of hydrogen-bond donors (Lipinski definition) is 0. The second kappa shape index (κ2) is 6.29. The van der Waals surface area contributed by atoms with Crippen molar-refractivity contribution in [2.75, 3.05) is 0 Å². The average molecular weight is 367 g/mol. The van der Waals surface area contributed by atoms with Crippen molar-refractivity contribution in [3.63, 3.8) is 0 Å². The standard InChI is InChI=1S/C21H16Cl2N2/c1-12-3-5-16-8-14(10-18(22)20(16)24-12)7-15-9-17-6-4-13(2)25-21(17)19(23)11-15/h3-6,8-11H,7H2,1-2H3. The smallest absolute Gasteiger partial charge is 0.0891 e. The number of benzene rings is 2. The third-order valence-electron chi connectivity index (χ3n) is 4.30. The van der Waals surface area contributed by atoms with Crippen molar-refractivity contribution in [3.8, 4) is 0 Å². The number of aromatic nitrogens is 2. The van der Waals surface area contributed by atoms with Crippen LogP contribution < -0.4 is 0 Å². The summed E-state index contributed by atoms with van der Waals surface area (Å²) in [5, 5.41) is 3.47. The van der Waals surface area contributed by atoms with Crippen LogP contribution in [0.4, 0.5) is 0 Å². The lowest BCUT2D eigenvalue weighted by Crippen LogP contribution is -1.93. The molecule has 0 radical (unpaired) electrons. The topological polar surface area (TPSA) is 25.8 Å². The Hall–Kier alpha value is -2.16. The molecule has 0 unspecified atom stereocenters. The summed E-state index contributed by atoms with van der Waals surface area (Å²) >= 11 is 12.9. The summed E-state index contributed by atoms with van der Waals surface area (Å²) < 4.78 is 0. The van der Waals surface area contributed by atoms with Crippen LogP contribution in [0.2, 0.25) is 10.0 Å². The summed E-state index contributed by atoms with van der Waals surface area (Å²) in [5.74, 6) is 0. The lowest BCUT2D eigenvalue weighted by atomic mass is 10.0. The Balaban J connectivity index is 1.77. The van der Waals surface area contributed by atoms with E-state index in [-0.39, 0.29) is 0 Å². The molecule has 0 aliphatic heterocycles. The first-order valence-electron chi connectivity index (χ1n) is 8.11. The van der Waals surface area contributed by atoms with Gasteiger partial charge in [0.25, 0.3) is 0 Å². The van der Waals surface area contributed by atoms with Gasteiger partial charge in [0, 0.05) is 22.2 Å². The van der Waals surface area contributed by atoms with E-state index in [0.29, 0.717) is 10.0 Å². The summed E-state index contributed by atoms with van der Waals surface area (Å²) in [6, 6.07) is 16.4. The number of hydrogen-bond acceptors (Lipinski definition) is 2. The van der Waals surface area contributed by atoms with Crippen LogP contribution in [-0.4, -0.2) is 9.97 Å². The maximum Gasteiger partial charge on any atom is 0.0891 e. The zero-order chi connectivity index (χ0) is 17.6. The Morgan fingerprint density at radius 1 is 0.680 bits per heavy atom. The predicted octanol–water partition coefficient (Wildman–Crippen LogP) is 6.30. The van der Waals surface area contributed by atoms with E-state index in [2.05, 4.69) is 34.2 Å². The molecule has 124 valence electrons. The van der Waals surface area contributed by atoms with Crippen molar-refractivity contribution in [2.45, 2.75) is 20.3 Å². The van der Waals surface area contributed by atoms with Crippen molar-refractivity contribution >= 4 is 45.0 Å². The fourth-order valence-corrected chi connectivity index (χ4v) is 3.72. The number of rotatable bonds is 2. The summed E-state index contributed by atoms with van der Waals surface area (Å²) in [4.78, 5) is 9.05. The molecule has 0 spiro atoms. The first-order valence-corrected chi connectivity index (χ1v) is 8.87. The molecule has 2 heterocycles. The number of aryl methyl sites for hydroxylation is 2. The normalized spacial score (nSPS) is 11.4. The first-order chi connectivity index (χ1) is 12.0. The van der Waals surface area contributed by atoms with Gasteiger partial charge in [-0.2, -0.15) is 0 Å². The van der Waals surface area contributed by atoms with Gasteiger partial charge >= 0.3 is 0 Å². The molecule has 4 aromatic rings. The SMILES string of the molecule is Cc1ccc2cc(Cc3cc(Cl)c4nc(C)ccc4c3)cc(Cl)c2n1. The molecule has 2 aromatic carbocycles. The second-order valence-electron chi connectivity index (χ2n) is 6.38. The van der Waals surface area contributed by atoms with E-state index in [0.717, 1.165) is 50.7 Å². The molecular formula is C21H16Cl2N2. The van der Waals surface area contributed by atoms with Crippen molar-refractivity contribution in [2.24, 2.45) is 0 Å². The number of halogens is 2. The maximum absolute atomic E-state index is 6.45. The minimum absolute atomic E-state index is 0.681. The molecule has 25 heavy (non-hydrogen) atoms. The first kappa shape index (κ1) is 16.3.